The van der Waals surface area contributed by atoms with Gasteiger partial charge < -0.3 is 0 Å². The van der Waals surface area contributed by atoms with Gasteiger partial charge in [-0.15, -0.1) is 5.73 Å². The number of nitriles is 1. The van der Waals surface area contributed by atoms with Crippen LogP contribution in [0.1, 0.15) is 33.1 Å². The van der Waals surface area contributed by atoms with Crippen LogP contribution in [0.25, 0.3) is 0 Å². The second kappa shape index (κ2) is 7.47. The highest BCUT2D eigenvalue weighted by Crippen LogP contribution is 2.17. The van der Waals surface area contributed by atoms with Crippen molar-refractivity contribution in [1.82, 2.24) is 0 Å². The van der Waals surface area contributed by atoms with Crippen LogP contribution in [-0.2, 0) is 0 Å². The number of allylic oxidation sites excluding steroid dienone is 1. The van der Waals surface area contributed by atoms with E-state index in [9.17, 15) is 0 Å². The van der Waals surface area contributed by atoms with Crippen LogP contribution >= 0.6 is 11.8 Å². The molecule has 0 heterocycles. The third kappa shape index (κ3) is 5.79. The molecule has 0 saturated heterocycles. The molecule has 0 N–H and O–H groups in total. The molecule has 1 nitrogen and oxygen atoms in total. The molecular weight excluding hydrogens is 154 g/mol. The van der Waals surface area contributed by atoms with E-state index in [1.807, 2.05) is 6.08 Å². The molecule has 0 unspecified atom stereocenters. The van der Waals surface area contributed by atoms with Crippen molar-refractivity contribution < 1.29 is 0 Å². The summed E-state index contributed by atoms with van der Waals surface area (Å²) in [4.78, 5) is 1.05. The molecule has 0 bridgehead atoms. The minimum absolute atomic E-state index is 0.967. The molecule has 11 heavy (non-hydrogen) atoms. The van der Waals surface area contributed by atoms with Crippen molar-refractivity contribution in [2.45, 2.75) is 33.1 Å². The van der Waals surface area contributed by atoms with E-state index in [1.165, 1.54) is 11.8 Å². The van der Waals surface area contributed by atoms with E-state index in [0.29, 0.717) is 0 Å². The standard InChI is InChI=1S/C9H13NS/c1-3-5-7-9(6-4-2)11-8-10/h5H,3-4,6H2,1-2H3. The first-order valence-corrected chi connectivity index (χ1v) is 4.66. The molecule has 2 heteroatoms. The van der Waals surface area contributed by atoms with Crippen molar-refractivity contribution in [2.75, 3.05) is 0 Å². The highest BCUT2D eigenvalue weighted by Gasteiger charge is 1.92. The zero-order chi connectivity index (χ0) is 8.53. The maximum Gasteiger partial charge on any atom is 0.138 e. The van der Waals surface area contributed by atoms with E-state index in [4.69, 9.17) is 5.26 Å². The van der Waals surface area contributed by atoms with Gasteiger partial charge in [0, 0.05) is 4.91 Å². The highest BCUT2D eigenvalue weighted by atomic mass is 32.2. The molecular formula is C9H13NS. The van der Waals surface area contributed by atoms with Crippen LogP contribution in [0.15, 0.2) is 16.7 Å². The Balaban J connectivity index is 4.10. The van der Waals surface area contributed by atoms with Gasteiger partial charge in [-0.1, -0.05) is 20.3 Å². The van der Waals surface area contributed by atoms with Crippen molar-refractivity contribution in [2.24, 2.45) is 0 Å². The maximum atomic E-state index is 8.40. The van der Waals surface area contributed by atoms with Crippen molar-refractivity contribution in [3.05, 3.63) is 16.7 Å². The molecule has 0 fully saturated rings. The second-order valence-electron chi connectivity index (χ2n) is 2.12. The van der Waals surface area contributed by atoms with Gasteiger partial charge in [-0.05, 0) is 30.7 Å². The van der Waals surface area contributed by atoms with Crippen LogP contribution in [0.5, 0.6) is 0 Å². The fraction of sp³-hybridized carbons (Fsp3) is 0.556. The number of hydrogen-bond donors (Lipinski definition) is 0. The summed E-state index contributed by atoms with van der Waals surface area (Å²) >= 11 is 1.22. The number of thiocyanates is 1. The number of nitrogens with zero attached hydrogens (tertiary/aromatic N) is 1. The van der Waals surface area contributed by atoms with Crippen LogP contribution in [-0.4, -0.2) is 0 Å². The van der Waals surface area contributed by atoms with Crippen molar-refractivity contribution in [3.63, 3.8) is 0 Å². The summed E-state index contributed by atoms with van der Waals surface area (Å²) in [6.07, 6.45) is 5.00. The predicted octanol–water partition coefficient (Wildman–Crippen LogP) is 3.45. The average Bonchev–Trinajstić information content (AvgIpc) is 2.01. The monoisotopic (exact) mass is 167 g/mol. The van der Waals surface area contributed by atoms with Crippen LogP contribution in [0.3, 0.4) is 0 Å². The summed E-state index contributed by atoms with van der Waals surface area (Å²) < 4.78 is 0. The molecule has 0 aliphatic heterocycles. The minimum atomic E-state index is 0.967. The Morgan fingerprint density at radius 2 is 2.27 bits per heavy atom. The van der Waals surface area contributed by atoms with Gasteiger partial charge in [0.15, 0.2) is 0 Å². The summed E-state index contributed by atoms with van der Waals surface area (Å²) in [5.41, 5.74) is 3.10. The molecule has 0 radical (unpaired) electrons. The van der Waals surface area contributed by atoms with Crippen molar-refractivity contribution in [1.29, 1.82) is 5.26 Å². The molecule has 0 aliphatic carbocycles. The Morgan fingerprint density at radius 3 is 2.73 bits per heavy atom. The summed E-state index contributed by atoms with van der Waals surface area (Å²) in [7, 11) is 0. The molecule has 60 valence electrons. The van der Waals surface area contributed by atoms with Crippen LogP contribution in [0.4, 0.5) is 0 Å². The van der Waals surface area contributed by atoms with Crippen molar-refractivity contribution >= 4 is 11.8 Å². The van der Waals surface area contributed by atoms with E-state index in [0.717, 1.165) is 24.2 Å². The Morgan fingerprint density at radius 1 is 1.55 bits per heavy atom. The molecule has 0 aromatic heterocycles. The van der Waals surface area contributed by atoms with Gasteiger partial charge in [0.25, 0.3) is 0 Å². The van der Waals surface area contributed by atoms with Crippen LogP contribution in [0, 0.1) is 10.7 Å². The van der Waals surface area contributed by atoms with E-state index < -0.39 is 0 Å². The normalized spacial score (nSPS) is 8.09. The number of thioether (sulfide) groups is 1. The topological polar surface area (TPSA) is 23.8 Å². The van der Waals surface area contributed by atoms with E-state index in [2.05, 4.69) is 25.0 Å². The third-order valence-corrected chi connectivity index (χ3v) is 1.77. The molecule has 0 amide bonds. The van der Waals surface area contributed by atoms with E-state index >= 15 is 0 Å². The lowest BCUT2D eigenvalue weighted by molar-refractivity contribution is 0.949. The lowest BCUT2D eigenvalue weighted by Crippen LogP contribution is -1.71. The number of hydrogen-bond acceptors (Lipinski definition) is 2. The summed E-state index contributed by atoms with van der Waals surface area (Å²) in [6.45, 7) is 4.17. The van der Waals surface area contributed by atoms with Gasteiger partial charge in [0.1, 0.15) is 5.40 Å². The summed E-state index contributed by atoms with van der Waals surface area (Å²) in [6, 6.07) is 0. The Kier molecular flexibility index (Phi) is 7.03. The fourth-order valence-corrected chi connectivity index (χ4v) is 1.21. The minimum Gasteiger partial charge on any atom is -0.185 e. The molecule has 0 aromatic carbocycles. The van der Waals surface area contributed by atoms with Gasteiger partial charge in [-0.3, -0.25) is 0 Å². The molecule has 0 spiro atoms. The average molecular weight is 167 g/mol. The first-order chi connectivity index (χ1) is 5.35. The van der Waals surface area contributed by atoms with E-state index in [1.54, 1.807) is 0 Å². The van der Waals surface area contributed by atoms with Crippen molar-refractivity contribution in [3.8, 4) is 5.40 Å². The maximum absolute atomic E-state index is 8.40. The summed E-state index contributed by atoms with van der Waals surface area (Å²) in [5.74, 6) is 0. The fourth-order valence-electron chi connectivity index (χ4n) is 0.651. The van der Waals surface area contributed by atoms with Gasteiger partial charge in [-0.2, -0.15) is 5.26 Å². The van der Waals surface area contributed by atoms with Gasteiger partial charge in [0.2, 0.25) is 0 Å². The Hall–Kier alpha value is -0.640. The second-order valence-corrected chi connectivity index (χ2v) is 3.00. The predicted molar refractivity (Wildman–Crippen MR) is 50.0 cm³/mol. The smallest absolute Gasteiger partial charge is 0.138 e. The first-order valence-electron chi connectivity index (χ1n) is 3.85. The number of rotatable bonds is 4. The summed E-state index contributed by atoms with van der Waals surface area (Å²) in [5, 5.41) is 10.5. The largest absolute Gasteiger partial charge is 0.185 e. The molecule has 0 aromatic rings. The van der Waals surface area contributed by atoms with Crippen LogP contribution < -0.4 is 0 Å². The zero-order valence-electron chi connectivity index (χ0n) is 7.05. The highest BCUT2D eigenvalue weighted by molar-refractivity contribution is 8.07. The quantitative estimate of drug-likeness (QED) is 0.473. The molecule has 0 aliphatic rings. The lowest BCUT2D eigenvalue weighted by Gasteiger charge is -1.92. The molecule has 0 rings (SSSR count). The van der Waals surface area contributed by atoms with E-state index in [-0.39, 0.29) is 0 Å². The molecule has 0 saturated carbocycles. The van der Waals surface area contributed by atoms with Crippen LogP contribution in [0.2, 0.25) is 0 Å². The Labute approximate surface area is 72.8 Å². The zero-order valence-corrected chi connectivity index (χ0v) is 7.87. The van der Waals surface area contributed by atoms with Gasteiger partial charge >= 0.3 is 0 Å². The first kappa shape index (κ1) is 10.4. The Bertz CT molecular complexity index is 194. The lowest BCUT2D eigenvalue weighted by atomic mass is 10.3. The van der Waals surface area contributed by atoms with Gasteiger partial charge in [-0.25, -0.2) is 0 Å². The third-order valence-electron chi connectivity index (χ3n) is 1.11. The van der Waals surface area contributed by atoms with Gasteiger partial charge in [0.05, 0.1) is 0 Å². The SMILES string of the molecule is CCC=C=C(CCC)SC#N. The molecule has 0 atom stereocenters.